The largest absolute Gasteiger partial charge is 0.453 e. The monoisotopic (exact) mass is 279 g/mol. The minimum atomic E-state index is 0. The Bertz CT molecular complexity index is 520. The van der Waals surface area contributed by atoms with Gasteiger partial charge in [0.25, 0.3) is 0 Å². The Morgan fingerprint density at radius 3 is 2.42 bits per heavy atom. The number of ketones is 1. The minimum absolute atomic E-state index is 0. The van der Waals surface area contributed by atoms with Crippen LogP contribution in [0.3, 0.4) is 0 Å². The maximum atomic E-state index is 11.9. The maximum Gasteiger partial charge on any atom is 0.199 e. The van der Waals surface area contributed by atoms with Crippen LogP contribution in [0.25, 0.3) is 11.3 Å². The predicted octanol–water partition coefficient (Wildman–Crippen LogP) is 3.50. The minimum Gasteiger partial charge on any atom is -0.453 e. The first-order chi connectivity index (χ1) is 8.66. The zero-order chi connectivity index (χ0) is 13.0. The summed E-state index contributed by atoms with van der Waals surface area (Å²) >= 11 is 0. The van der Waals surface area contributed by atoms with Gasteiger partial charge in [0.15, 0.2) is 11.5 Å². The second kappa shape index (κ2) is 7.12. The van der Waals surface area contributed by atoms with Gasteiger partial charge < -0.3 is 9.32 Å². The number of furan rings is 1. The zero-order valence-electron chi connectivity index (χ0n) is 11.1. The molecule has 1 aromatic carbocycles. The number of carbonyl (C=O) groups is 1. The molecule has 0 amide bonds. The van der Waals surface area contributed by atoms with E-state index in [0.29, 0.717) is 12.2 Å². The van der Waals surface area contributed by atoms with Gasteiger partial charge in [-0.2, -0.15) is 0 Å². The lowest BCUT2D eigenvalue weighted by Crippen LogP contribution is -2.16. The molecule has 102 valence electrons. The van der Waals surface area contributed by atoms with E-state index in [-0.39, 0.29) is 18.2 Å². The molecule has 0 N–H and O–H groups in total. The highest BCUT2D eigenvalue weighted by atomic mass is 35.5. The van der Waals surface area contributed by atoms with Gasteiger partial charge in [-0.15, -0.1) is 12.4 Å². The second-order valence-electron chi connectivity index (χ2n) is 4.51. The summed E-state index contributed by atoms with van der Waals surface area (Å²) in [4.78, 5) is 13.9. The van der Waals surface area contributed by atoms with Crippen LogP contribution in [0.1, 0.15) is 17.0 Å². The van der Waals surface area contributed by atoms with Crippen molar-refractivity contribution in [2.75, 3.05) is 20.6 Å². The van der Waals surface area contributed by atoms with Crippen molar-refractivity contribution in [3.63, 3.8) is 0 Å². The molecule has 0 saturated heterocycles. The Morgan fingerprint density at radius 2 is 1.79 bits per heavy atom. The van der Waals surface area contributed by atoms with Gasteiger partial charge in [0.2, 0.25) is 0 Å². The number of nitrogens with zero attached hydrogens (tertiary/aromatic N) is 1. The first kappa shape index (κ1) is 15.5. The summed E-state index contributed by atoms with van der Waals surface area (Å²) in [6.07, 6.45) is 0.481. The number of Topliss-reactive ketones (excluding diaryl/α,β-unsaturated/α-hetero) is 1. The van der Waals surface area contributed by atoms with Crippen LogP contribution in [0.4, 0.5) is 0 Å². The highest BCUT2D eigenvalue weighted by Gasteiger charge is 2.12. The second-order valence-corrected chi connectivity index (χ2v) is 4.51. The molecule has 0 aliphatic rings. The predicted molar refractivity (Wildman–Crippen MR) is 78.9 cm³/mol. The normalized spacial score (nSPS) is 10.3. The van der Waals surface area contributed by atoms with Crippen LogP contribution >= 0.6 is 12.4 Å². The van der Waals surface area contributed by atoms with Gasteiger partial charge in [0.05, 0.1) is 0 Å². The van der Waals surface area contributed by atoms with E-state index < -0.39 is 0 Å². The standard InChI is InChI=1S/C15H17NO2.ClH/c1-16(2)11-10-13(17)15-9-8-14(18-15)12-6-4-3-5-7-12;/h3-9H,10-11H2,1-2H3;1H. The SMILES string of the molecule is CN(C)CCC(=O)c1ccc(-c2ccccc2)o1.Cl. The number of carbonyl (C=O) groups excluding carboxylic acids is 1. The van der Waals surface area contributed by atoms with Crippen LogP contribution < -0.4 is 0 Å². The molecule has 0 spiro atoms. The number of hydrogen-bond acceptors (Lipinski definition) is 3. The molecule has 0 saturated carbocycles. The molecule has 0 bridgehead atoms. The molecule has 0 radical (unpaired) electrons. The van der Waals surface area contributed by atoms with Gasteiger partial charge in [-0.3, -0.25) is 4.79 Å². The third-order valence-electron chi connectivity index (χ3n) is 2.73. The van der Waals surface area contributed by atoms with Crippen LogP contribution in [0.5, 0.6) is 0 Å². The van der Waals surface area contributed by atoms with E-state index in [1.165, 1.54) is 0 Å². The van der Waals surface area contributed by atoms with Crippen molar-refractivity contribution in [3.8, 4) is 11.3 Å². The lowest BCUT2D eigenvalue weighted by Gasteiger charge is -2.06. The molecule has 0 atom stereocenters. The summed E-state index contributed by atoms with van der Waals surface area (Å²) in [5.41, 5.74) is 0.990. The summed E-state index contributed by atoms with van der Waals surface area (Å²) in [5.74, 6) is 1.23. The van der Waals surface area contributed by atoms with E-state index in [0.717, 1.165) is 17.9 Å². The van der Waals surface area contributed by atoms with E-state index in [1.807, 2.05) is 55.4 Å². The molecule has 0 aliphatic heterocycles. The van der Waals surface area contributed by atoms with Gasteiger partial charge >= 0.3 is 0 Å². The fourth-order valence-corrected chi connectivity index (χ4v) is 1.69. The van der Waals surface area contributed by atoms with Gasteiger partial charge in [0, 0.05) is 18.5 Å². The van der Waals surface area contributed by atoms with E-state index >= 15 is 0 Å². The first-order valence-corrected chi connectivity index (χ1v) is 6.00. The molecule has 1 heterocycles. The molecule has 3 nitrogen and oxygen atoms in total. The van der Waals surface area contributed by atoms with Crippen molar-refractivity contribution in [2.45, 2.75) is 6.42 Å². The van der Waals surface area contributed by atoms with Crippen molar-refractivity contribution in [3.05, 3.63) is 48.2 Å². The summed E-state index contributed by atoms with van der Waals surface area (Å²) < 4.78 is 5.60. The third kappa shape index (κ3) is 4.23. The van der Waals surface area contributed by atoms with Gasteiger partial charge in [-0.1, -0.05) is 30.3 Å². The van der Waals surface area contributed by atoms with Crippen molar-refractivity contribution in [1.29, 1.82) is 0 Å². The molecular formula is C15H18ClNO2. The number of rotatable bonds is 5. The number of benzene rings is 1. The van der Waals surface area contributed by atoms with Crippen molar-refractivity contribution >= 4 is 18.2 Å². The topological polar surface area (TPSA) is 33.5 Å². The fourth-order valence-electron chi connectivity index (χ4n) is 1.69. The summed E-state index contributed by atoms with van der Waals surface area (Å²) in [5, 5.41) is 0. The molecule has 1 aromatic heterocycles. The van der Waals surface area contributed by atoms with Crippen LogP contribution in [0.2, 0.25) is 0 Å². The fraction of sp³-hybridized carbons (Fsp3) is 0.267. The Kier molecular flexibility index (Phi) is 5.80. The molecule has 19 heavy (non-hydrogen) atoms. The summed E-state index contributed by atoms with van der Waals surface area (Å²) in [6.45, 7) is 0.736. The van der Waals surface area contributed by atoms with Crippen LogP contribution in [-0.4, -0.2) is 31.3 Å². The Labute approximate surface area is 119 Å². The first-order valence-electron chi connectivity index (χ1n) is 6.00. The van der Waals surface area contributed by atoms with Gasteiger partial charge in [0.1, 0.15) is 5.76 Å². The molecular weight excluding hydrogens is 262 g/mol. The summed E-state index contributed by atoms with van der Waals surface area (Å²) in [6, 6.07) is 13.4. The van der Waals surface area contributed by atoms with Crippen molar-refractivity contribution in [1.82, 2.24) is 4.90 Å². The van der Waals surface area contributed by atoms with Crippen LogP contribution in [-0.2, 0) is 0 Å². The van der Waals surface area contributed by atoms with Crippen LogP contribution in [0, 0.1) is 0 Å². The zero-order valence-corrected chi connectivity index (χ0v) is 11.9. The lowest BCUT2D eigenvalue weighted by atomic mass is 10.2. The number of hydrogen-bond donors (Lipinski definition) is 0. The summed E-state index contributed by atoms with van der Waals surface area (Å²) in [7, 11) is 3.90. The maximum absolute atomic E-state index is 11.9. The Hall–Kier alpha value is -1.58. The Balaban J connectivity index is 0.00000180. The van der Waals surface area contributed by atoms with E-state index in [1.54, 1.807) is 6.07 Å². The lowest BCUT2D eigenvalue weighted by molar-refractivity contribution is 0.0946. The van der Waals surface area contributed by atoms with Crippen molar-refractivity contribution in [2.24, 2.45) is 0 Å². The van der Waals surface area contributed by atoms with Gasteiger partial charge in [-0.05, 0) is 26.2 Å². The quantitative estimate of drug-likeness (QED) is 0.786. The molecule has 2 aromatic rings. The Morgan fingerprint density at radius 1 is 1.11 bits per heavy atom. The highest BCUT2D eigenvalue weighted by molar-refractivity contribution is 5.94. The van der Waals surface area contributed by atoms with Gasteiger partial charge in [-0.25, -0.2) is 0 Å². The van der Waals surface area contributed by atoms with Crippen molar-refractivity contribution < 1.29 is 9.21 Å². The molecule has 0 unspecified atom stereocenters. The molecule has 0 fully saturated rings. The third-order valence-corrected chi connectivity index (χ3v) is 2.73. The van der Waals surface area contributed by atoms with E-state index in [9.17, 15) is 4.79 Å². The molecule has 2 rings (SSSR count). The van der Waals surface area contributed by atoms with Crippen LogP contribution in [0.15, 0.2) is 46.9 Å². The smallest absolute Gasteiger partial charge is 0.199 e. The highest BCUT2D eigenvalue weighted by Crippen LogP contribution is 2.22. The average Bonchev–Trinajstić information content (AvgIpc) is 2.86. The van der Waals surface area contributed by atoms with E-state index in [4.69, 9.17) is 4.42 Å². The van der Waals surface area contributed by atoms with E-state index in [2.05, 4.69) is 0 Å². The number of halogens is 1. The molecule has 4 heteroatoms. The average molecular weight is 280 g/mol. The molecule has 0 aliphatic carbocycles.